The van der Waals surface area contributed by atoms with Crippen molar-refractivity contribution in [3.8, 4) is 11.1 Å². The van der Waals surface area contributed by atoms with Crippen LogP contribution in [0.5, 0.6) is 0 Å². The van der Waals surface area contributed by atoms with Crippen LogP contribution in [-0.4, -0.2) is 4.57 Å². The number of nitrogens with zero attached hydrogens (tertiary/aromatic N) is 1. The summed E-state index contributed by atoms with van der Waals surface area (Å²) in [4.78, 5) is 12.3. The molecule has 0 spiro atoms. The number of halogens is 1. The van der Waals surface area contributed by atoms with Gasteiger partial charge in [0.25, 0.3) is 5.56 Å². The molecule has 3 aromatic carbocycles. The van der Waals surface area contributed by atoms with Crippen LogP contribution in [0.15, 0.2) is 89.9 Å². The Bertz CT molecular complexity index is 1100. The smallest absolute Gasteiger partial charge is 0.250 e. The molecule has 0 saturated carbocycles. The van der Waals surface area contributed by atoms with Crippen molar-refractivity contribution in [2.45, 2.75) is 6.54 Å². The van der Waals surface area contributed by atoms with Gasteiger partial charge in [-0.3, -0.25) is 4.79 Å². The first-order valence-electron chi connectivity index (χ1n) is 8.13. The standard InChI is InChI=1S/C22H16ClNO/c23-21-10-7-18(8-11-21)20-9-12-22(25)24(15-20)14-16-5-6-17-3-1-2-4-19(17)13-16/h1-13,15H,14H2. The van der Waals surface area contributed by atoms with Gasteiger partial charge in [-0.25, -0.2) is 0 Å². The van der Waals surface area contributed by atoms with Crippen molar-refractivity contribution in [1.82, 2.24) is 4.57 Å². The first-order chi connectivity index (χ1) is 12.2. The highest BCUT2D eigenvalue weighted by Gasteiger charge is 2.04. The Morgan fingerprint density at radius 3 is 2.28 bits per heavy atom. The van der Waals surface area contributed by atoms with Gasteiger partial charge in [0, 0.05) is 17.3 Å². The van der Waals surface area contributed by atoms with Crippen molar-refractivity contribution in [3.05, 3.63) is 106 Å². The topological polar surface area (TPSA) is 22.0 Å². The summed E-state index contributed by atoms with van der Waals surface area (Å²) >= 11 is 5.96. The fourth-order valence-corrected chi connectivity index (χ4v) is 3.13. The zero-order valence-corrected chi connectivity index (χ0v) is 14.3. The van der Waals surface area contributed by atoms with E-state index in [4.69, 9.17) is 11.6 Å². The molecule has 0 aliphatic heterocycles. The molecule has 0 radical (unpaired) electrons. The maximum atomic E-state index is 12.3. The molecule has 0 amide bonds. The number of hydrogen-bond donors (Lipinski definition) is 0. The molecule has 0 N–H and O–H groups in total. The summed E-state index contributed by atoms with van der Waals surface area (Å²) in [6.45, 7) is 0.547. The average molecular weight is 346 g/mol. The third-order valence-electron chi connectivity index (χ3n) is 4.33. The van der Waals surface area contributed by atoms with Gasteiger partial charge in [0.05, 0.1) is 6.54 Å². The predicted octanol–water partition coefficient (Wildman–Crippen LogP) is 5.37. The van der Waals surface area contributed by atoms with E-state index in [-0.39, 0.29) is 5.56 Å². The van der Waals surface area contributed by atoms with Gasteiger partial charge < -0.3 is 4.57 Å². The van der Waals surface area contributed by atoms with Crippen LogP contribution < -0.4 is 5.56 Å². The maximum absolute atomic E-state index is 12.3. The Balaban J connectivity index is 1.70. The Labute approximate surface area is 150 Å². The summed E-state index contributed by atoms with van der Waals surface area (Å²) in [5.74, 6) is 0. The van der Waals surface area contributed by atoms with E-state index >= 15 is 0 Å². The Hall–Kier alpha value is -2.84. The quantitative estimate of drug-likeness (QED) is 0.489. The van der Waals surface area contributed by atoms with E-state index < -0.39 is 0 Å². The zero-order valence-electron chi connectivity index (χ0n) is 13.5. The number of aromatic nitrogens is 1. The maximum Gasteiger partial charge on any atom is 0.250 e. The lowest BCUT2D eigenvalue weighted by Gasteiger charge is -2.10. The minimum atomic E-state index is -0.00845. The van der Waals surface area contributed by atoms with E-state index in [0.29, 0.717) is 11.6 Å². The van der Waals surface area contributed by atoms with Crippen molar-refractivity contribution in [2.75, 3.05) is 0 Å². The van der Waals surface area contributed by atoms with Gasteiger partial charge in [0.2, 0.25) is 0 Å². The van der Waals surface area contributed by atoms with Gasteiger partial charge in [-0.2, -0.15) is 0 Å². The van der Waals surface area contributed by atoms with Crippen LogP contribution in [0.1, 0.15) is 5.56 Å². The second kappa shape index (κ2) is 6.58. The molecule has 3 heteroatoms. The van der Waals surface area contributed by atoms with E-state index in [2.05, 4.69) is 30.3 Å². The van der Waals surface area contributed by atoms with Crippen molar-refractivity contribution >= 4 is 22.4 Å². The van der Waals surface area contributed by atoms with E-state index in [9.17, 15) is 4.79 Å². The van der Waals surface area contributed by atoms with Crippen molar-refractivity contribution in [3.63, 3.8) is 0 Å². The van der Waals surface area contributed by atoms with Crippen LogP contribution in [-0.2, 0) is 6.54 Å². The number of rotatable bonds is 3. The molecule has 1 aromatic heterocycles. The first-order valence-corrected chi connectivity index (χ1v) is 8.51. The van der Waals surface area contributed by atoms with Gasteiger partial charge in [-0.05, 0) is 51.7 Å². The largest absolute Gasteiger partial charge is 0.310 e. The molecule has 0 aliphatic rings. The summed E-state index contributed by atoms with van der Waals surface area (Å²) < 4.78 is 1.74. The minimum absolute atomic E-state index is 0.00845. The molecule has 0 unspecified atom stereocenters. The normalized spacial score (nSPS) is 10.9. The number of fused-ring (bicyclic) bond motifs is 1. The van der Waals surface area contributed by atoms with Crippen molar-refractivity contribution in [1.29, 1.82) is 0 Å². The number of benzene rings is 3. The molecule has 122 valence electrons. The van der Waals surface area contributed by atoms with Crippen molar-refractivity contribution < 1.29 is 0 Å². The summed E-state index contributed by atoms with van der Waals surface area (Å²) in [6, 6.07) is 25.6. The van der Waals surface area contributed by atoms with Crippen LogP contribution in [0.3, 0.4) is 0 Å². The lowest BCUT2D eigenvalue weighted by Crippen LogP contribution is -2.19. The summed E-state index contributed by atoms with van der Waals surface area (Å²) in [7, 11) is 0. The van der Waals surface area contributed by atoms with E-state index in [1.807, 2.05) is 48.7 Å². The molecule has 0 fully saturated rings. The highest BCUT2D eigenvalue weighted by atomic mass is 35.5. The van der Waals surface area contributed by atoms with E-state index in [1.54, 1.807) is 10.6 Å². The van der Waals surface area contributed by atoms with Gasteiger partial charge in [-0.1, -0.05) is 60.1 Å². The highest BCUT2D eigenvalue weighted by Crippen LogP contribution is 2.21. The summed E-state index contributed by atoms with van der Waals surface area (Å²) in [5, 5.41) is 3.09. The van der Waals surface area contributed by atoms with Gasteiger partial charge >= 0.3 is 0 Å². The Morgan fingerprint density at radius 2 is 1.48 bits per heavy atom. The lowest BCUT2D eigenvalue weighted by molar-refractivity contribution is 0.762. The van der Waals surface area contributed by atoms with Crippen LogP contribution in [0.2, 0.25) is 5.02 Å². The first kappa shape index (κ1) is 15.7. The molecule has 0 bridgehead atoms. The molecule has 0 atom stereocenters. The van der Waals surface area contributed by atoms with E-state index in [1.165, 1.54) is 10.8 Å². The van der Waals surface area contributed by atoms with Crippen LogP contribution >= 0.6 is 11.6 Å². The number of pyridine rings is 1. The lowest BCUT2D eigenvalue weighted by atomic mass is 10.1. The molecule has 1 heterocycles. The summed E-state index contributed by atoms with van der Waals surface area (Å²) in [5.41, 5.74) is 3.13. The fourth-order valence-electron chi connectivity index (χ4n) is 3.00. The molecule has 4 aromatic rings. The van der Waals surface area contributed by atoms with Gasteiger partial charge in [-0.15, -0.1) is 0 Å². The third kappa shape index (κ3) is 3.35. The molecule has 0 aliphatic carbocycles. The monoisotopic (exact) mass is 345 g/mol. The van der Waals surface area contributed by atoms with Crippen LogP contribution in [0.25, 0.3) is 21.9 Å². The Morgan fingerprint density at radius 1 is 0.760 bits per heavy atom. The molecular formula is C22H16ClNO. The molecule has 25 heavy (non-hydrogen) atoms. The zero-order chi connectivity index (χ0) is 17.2. The SMILES string of the molecule is O=c1ccc(-c2ccc(Cl)cc2)cn1Cc1ccc2ccccc2c1. The second-order valence-electron chi connectivity index (χ2n) is 6.07. The number of hydrogen-bond acceptors (Lipinski definition) is 1. The molecule has 4 rings (SSSR count). The second-order valence-corrected chi connectivity index (χ2v) is 6.51. The van der Waals surface area contributed by atoms with E-state index in [0.717, 1.165) is 16.7 Å². The predicted molar refractivity (Wildman–Crippen MR) is 104 cm³/mol. The minimum Gasteiger partial charge on any atom is -0.310 e. The summed E-state index contributed by atoms with van der Waals surface area (Å²) in [6.07, 6.45) is 1.90. The molecular weight excluding hydrogens is 330 g/mol. The Kier molecular flexibility index (Phi) is 4.12. The van der Waals surface area contributed by atoms with Crippen LogP contribution in [0.4, 0.5) is 0 Å². The average Bonchev–Trinajstić information content (AvgIpc) is 2.64. The van der Waals surface area contributed by atoms with Crippen LogP contribution in [0, 0.1) is 0 Å². The van der Waals surface area contributed by atoms with Gasteiger partial charge in [0.15, 0.2) is 0 Å². The third-order valence-corrected chi connectivity index (χ3v) is 4.58. The fraction of sp³-hybridized carbons (Fsp3) is 0.0455. The molecule has 0 saturated heterocycles. The van der Waals surface area contributed by atoms with Gasteiger partial charge in [0.1, 0.15) is 0 Å². The molecule has 2 nitrogen and oxygen atoms in total. The van der Waals surface area contributed by atoms with Crippen molar-refractivity contribution in [2.24, 2.45) is 0 Å². The highest BCUT2D eigenvalue weighted by molar-refractivity contribution is 6.30.